The highest BCUT2D eigenvalue weighted by Crippen LogP contribution is 2.34. The van der Waals surface area contributed by atoms with Gasteiger partial charge in [-0.25, -0.2) is 4.79 Å². The van der Waals surface area contributed by atoms with E-state index in [1.165, 1.54) is 11.3 Å². The molecule has 1 fully saturated rings. The Morgan fingerprint density at radius 1 is 1.45 bits per heavy atom. The van der Waals surface area contributed by atoms with E-state index in [9.17, 15) is 9.59 Å². The van der Waals surface area contributed by atoms with Gasteiger partial charge in [0.2, 0.25) is 0 Å². The van der Waals surface area contributed by atoms with Gasteiger partial charge in [0.05, 0.1) is 11.7 Å². The van der Waals surface area contributed by atoms with Crippen molar-refractivity contribution in [3.05, 3.63) is 16.0 Å². The molecule has 0 aromatic carbocycles. The summed E-state index contributed by atoms with van der Waals surface area (Å²) in [6.07, 6.45) is 1.73. The number of aryl methyl sites for hydroxylation is 1. The summed E-state index contributed by atoms with van der Waals surface area (Å²) < 4.78 is 10.7. The molecule has 1 amide bonds. The van der Waals surface area contributed by atoms with E-state index < -0.39 is 6.10 Å². The maximum Gasteiger partial charge on any atom is 0.341 e. The first kappa shape index (κ1) is 17.0. The minimum absolute atomic E-state index is 0.181. The molecule has 1 aromatic rings. The third-order valence-electron chi connectivity index (χ3n) is 3.57. The number of hydrogen-bond donors (Lipinski definition) is 1. The van der Waals surface area contributed by atoms with Crippen LogP contribution in [-0.2, 0) is 20.7 Å². The van der Waals surface area contributed by atoms with Crippen LogP contribution in [0, 0.1) is 6.92 Å². The van der Waals surface area contributed by atoms with E-state index in [2.05, 4.69) is 5.32 Å². The zero-order valence-electron chi connectivity index (χ0n) is 13.5. The molecule has 2 heterocycles. The van der Waals surface area contributed by atoms with Crippen molar-refractivity contribution in [2.45, 2.75) is 59.2 Å². The second-order valence-electron chi connectivity index (χ2n) is 5.64. The van der Waals surface area contributed by atoms with E-state index >= 15 is 0 Å². The second kappa shape index (κ2) is 7.24. The molecule has 0 unspecified atom stereocenters. The van der Waals surface area contributed by atoms with E-state index in [0.717, 1.165) is 29.7 Å². The van der Waals surface area contributed by atoms with Crippen molar-refractivity contribution in [2.75, 3.05) is 11.9 Å². The van der Waals surface area contributed by atoms with E-state index in [0.29, 0.717) is 17.2 Å². The Balaban J connectivity index is 2.26. The minimum Gasteiger partial charge on any atom is -0.459 e. The number of carbonyl (C=O) groups excluding carboxylic acids is 2. The summed E-state index contributed by atoms with van der Waals surface area (Å²) >= 11 is 1.42. The average molecular weight is 325 g/mol. The Morgan fingerprint density at radius 2 is 2.18 bits per heavy atom. The van der Waals surface area contributed by atoms with Crippen LogP contribution in [0.1, 0.15) is 54.4 Å². The van der Waals surface area contributed by atoms with E-state index in [-0.39, 0.29) is 18.0 Å². The third kappa shape index (κ3) is 3.67. The van der Waals surface area contributed by atoms with Crippen LogP contribution in [0.3, 0.4) is 0 Å². The number of nitrogens with one attached hydrogen (secondary N) is 1. The number of thiophene rings is 1. The van der Waals surface area contributed by atoms with Gasteiger partial charge in [0.15, 0.2) is 0 Å². The summed E-state index contributed by atoms with van der Waals surface area (Å²) in [5, 5.41) is 3.43. The van der Waals surface area contributed by atoms with Gasteiger partial charge in [-0.1, -0.05) is 6.92 Å². The Morgan fingerprint density at radius 3 is 2.73 bits per heavy atom. The standard InChI is InChI=1S/C16H23NO4S/c1-5-11-10(4)22-15(13(11)16(19)21-9(2)3)17-14(18)12-7-6-8-20-12/h9,12H,5-8H2,1-4H3,(H,17,18)/t12-/m0/s1. The molecule has 0 bridgehead atoms. The van der Waals surface area contributed by atoms with Crippen molar-refractivity contribution in [1.82, 2.24) is 0 Å². The van der Waals surface area contributed by atoms with Crippen LogP contribution < -0.4 is 5.32 Å². The van der Waals surface area contributed by atoms with Crippen LogP contribution in [0.25, 0.3) is 0 Å². The van der Waals surface area contributed by atoms with Gasteiger partial charge < -0.3 is 14.8 Å². The number of anilines is 1. The zero-order valence-corrected chi connectivity index (χ0v) is 14.3. The Hall–Kier alpha value is -1.40. The third-order valence-corrected chi connectivity index (χ3v) is 4.63. The maximum atomic E-state index is 12.4. The molecular weight excluding hydrogens is 302 g/mol. The fraction of sp³-hybridized carbons (Fsp3) is 0.625. The van der Waals surface area contributed by atoms with Gasteiger partial charge in [-0.05, 0) is 45.6 Å². The molecule has 122 valence electrons. The molecule has 0 saturated carbocycles. The summed E-state index contributed by atoms with van der Waals surface area (Å²) in [5.41, 5.74) is 1.43. The molecule has 1 aliphatic heterocycles. The van der Waals surface area contributed by atoms with Gasteiger partial charge in [0.25, 0.3) is 5.91 Å². The average Bonchev–Trinajstić information content (AvgIpc) is 3.05. The molecule has 0 spiro atoms. The monoisotopic (exact) mass is 325 g/mol. The summed E-state index contributed by atoms with van der Waals surface area (Å²) in [7, 11) is 0. The molecule has 22 heavy (non-hydrogen) atoms. The molecule has 2 rings (SSSR count). The summed E-state index contributed by atoms with van der Waals surface area (Å²) in [5.74, 6) is -0.557. The maximum absolute atomic E-state index is 12.4. The van der Waals surface area contributed by atoms with Crippen molar-refractivity contribution in [3.8, 4) is 0 Å². The van der Waals surface area contributed by atoms with Crippen LogP contribution in [-0.4, -0.2) is 30.7 Å². The molecule has 5 nitrogen and oxygen atoms in total. The number of amides is 1. The minimum atomic E-state index is -0.415. The topological polar surface area (TPSA) is 64.6 Å². The van der Waals surface area contributed by atoms with Crippen molar-refractivity contribution in [1.29, 1.82) is 0 Å². The molecule has 1 aromatic heterocycles. The predicted octanol–water partition coefficient (Wildman–Crippen LogP) is 3.30. The van der Waals surface area contributed by atoms with Gasteiger partial charge >= 0.3 is 5.97 Å². The molecule has 0 aliphatic carbocycles. The van der Waals surface area contributed by atoms with Crippen molar-refractivity contribution >= 4 is 28.2 Å². The largest absolute Gasteiger partial charge is 0.459 e. The Labute approximate surface area is 135 Å². The van der Waals surface area contributed by atoms with Crippen LogP contribution in [0.5, 0.6) is 0 Å². The molecule has 0 radical (unpaired) electrons. The summed E-state index contributed by atoms with van der Waals surface area (Å²) in [4.78, 5) is 25.6. The van der Waals surface area contributed by atoms with Gasteiger partial charge in [0, 0.05) is 11.5 Å². The highest BCUT2D eigenvalue weighted by Gasteiger charge is 2.28. The second-order valence-corrected chi connectivity index (χ2v) is 6.86. The lowest BCUT2D eigenvalue weighted by Crippen LogP contribution is -2.27. The van der Waals surface area contributed by atoms with Crippen molar-refractivity contribution < 1.29 is 19.1 Å². The van der Waals surface area contributed by atoms with Crippen molar-refractivity contribution in [3.63, 3.8) is 0 Å². The predicted molar refractivity (Wildman–Crippen MR) is 86.6 cm³/mol. The Kier molecular flexibility index (Phi) is 5.58. The number of rotatable bonds is 5. The number of esters is 1. The lowest BCUT2D eigenvalue weighted by molar-refractivity contribution is -0.124. The van der Waals surface area contributed by atoms with Gasteiger partial charge in [0.1, 0.15) is 11.1 Å². The number of ether oxygens (including phenoxy) is 2. The van der Waals surface area contributed by atoms with Crippen LogP contribution in [0.4, 0.5) is 5.00 Å². The number of carbonyl (C=O) groups is 2. The highest BCUT2D eigenvalue weighted by atomic mass is 32.1. The first-order valence-electron chi connectivity index (χ1n) is 7.69. The van der Waals surface area contributed by atoms with Crippen LogP contribution in [0.15, 0.2) is 0 Å². The SMILES string of the molecule is CCc1c(C)sc(NC(=O)[C@@H]2CCCO2)c1C(=O)OC(C)C. The van der Waals surface area contributed by atoms with Gasteiger partial charge in [-0.3, -0.25) is 4.79 Å². The molecule has 6 heteroatoms. The summed E-state index contributed by atoms with van der Waals surface area (Å²) in [6.45, 7) is 8.19. The molecule has 1 N–H and O–H groups in total. The molecular formula is C16H23NO4S. The van der Waals surface area contributed by atoms with Gasteiger partial charge in [-0.2, -0.15) is 0 Å². The number of hydrogen-bond acceptors (Lipinski definition) is 5. The highest BCUT2D eigenvalue weighted by molar-refractivity contribution is 7.16. The van der Waals surface area contributed by atoms with Crippen LogP contribution in [0.2, 0.25) is 0 Å². The molecule has 1 aliphatic rings. The first-order valence-corrected chi connectivity index (χ1v) is 8.51. The van der Waals surface area contributed by atoms with Crippen molar-refractivity contribution in [2.24, 2.45) is 0 Å². The van der Waals surface area contributed by atoms with Gasteiger partial charge in [-0.15, -0.1) is 11.3 Å². The quantitative estimate of drug-likeness (QED) is 0.844. The summed E-state index contributed by atoms with van der Waals surface area (Å²) in [6, 6.07) is 0. The fourth-order valence-electron chi connectivity index (χ4n) is 2.56. The van der Waals surface area contributed by atoms with E-state index in [1.807, 2.05) is 27.7 Å². The lowest BCUT2D eigenvalue weighted by Gasteiger charge is -2.13. The zero-order chi connectivity index (χ0) is 16.3. The molecule has 1 atom stereocenters. The van der Waals surface area contributed by atoms with E-state index in [1.54, 1.807) is 0 Å². The van der Waals surface area contributed by atoms with E-state index in [4.69, 9.17) is 9.47 Å². The normalized spacial score (nSPS) is 17.8. The Bertz CT molecular complexity index is 559. The fourth-order valence-corrected chi connectivity index (χ4v) is 3.69. The smallest absolute Gasteiger partial charge is 0.341 e. The molecule has 1 saturated heterocycles. The first-order chi connectivity index (χ1) is 10.4. The van der Waals surface area contributed by atoms with Crippen LogP contribution >= 0.6 is 11.3 Å². The lowest BCUT2D eigenvalue weighted by atomic mass is 10.1.